The maximum atomic E-state index is 12.3. The summed E-state index contributed by atoms with van der Waals surface area (Å²) in [6.45, 7) is 4.22. The quantitative estimate of drug-likeness (QED) is 0.418. The van der Waals surface area contributed by atoms with E-state index in [0.29, 0.717) is 17.9 Å². The number of benzene rings is 1. The highest BCUT2D eigenvalue weighted by Gasteiger charge is 2.15. The van der Waals surface area contributed by atoms with E-state index < -0.39 is 5.97 Å². The summed E-state index contributed by atoms with van der Waals surface area (Å²) in [5, 5.41) is 6.55. The number of carbonyl (C=O) groups is 2. The Morgan fingerprint density at radius 1 is 1.32 bits per heavy atom. The number of hydrogen-bond donors (Lipinski definition) is 1. The van der Waals surface area contributed by atoms with Crippen LogP contribution in [-0.2, 0) is 15.3 Å². The number of aromatic nitrogens is 1. The van der Waals surface area contributed by atoms with Crippen molar-refractivity contribution >= 4 is 23.6 Å². The molecule has 0 fully saturated rings. The Morgan fingerprint density at radius 3 is 2.84 bits per heavy atom. The predicted molar refractivity (Wildman–Crippen MR) is 95.4 cm³/mol. The van der Waals surface area contributed by atoms with Gasteiger partial charge in [-0.2, -0.15) is 0 Å². The lowest BCUT2D eigenvalue weighted by Gasteiger charge is -2.09. The first-order chi connectivity index (χ1) is 12.1. The maximum absolute atomic E-state index is 12.3. The highest BCUT2D eigenvalue weighted by molar-refractivity contribution is 7.98. The first kappa shape index (κ1) is 19.1. The third-order valence-electron chi connectivity index (χ3n) is 3.34. The zero-order chi connectivity index (χ0) is 18.1. The summed E-state index contributed by atoms with van der Waals surface area (Å²) in [7, 11) is 0. The van der Waals surface area contributed by atoms with Crippen molar-refractivity contribution in [1.82, 2.24) is 10.5 Å². The van der Waals surface area contributed by atoms with Crippen LogP contribution in [0.2, 0.25) is 0 Å². The molecule has 0 atom stereocenters. The predicted octanol–water partition coefficient (Wildman–Crippen LogP) is 3.35. The molecule has 0 aliphatic heterocycles. The lowest BCUT2D eigenvalue weighted by Crippen LogP contribution is -2.29. The van der Waals surface area contributed by atoms with Gasteiger partial charge >= 0.3 is 5.97 Å². The molecule has 1 N–H and O–H groups in total. The number of hydrogen-bond acceptors (Lipinski definition) is 6. The summed E-state index contributed by atoms with van der Waals surface area (Å²) >= 11 is 1.46. The first-order valence-corrected chi connectivity index (χ1v) is 9.16. The van der Waals surface area contributed by atoms with Crippen molar-refractivity contribution in [2.75, 3.05) is 13.2 Å². The van der Waals surface area contributed by atoms with Gasteiger partial charge in [0.1, 0.15) is 5.76 Å². The van der Waals surface area contributed by atoms with Crippen molar-refractivity contribution in [3.8, 4) is 0 Å². The van der Waals surface area contributed by atoms with Gasteiger partial charge in [-0.3, -0.25) is 4.79 Å². The lowest BCUT2D eigenvalue weighted by atomic mass is 10.2. The minimum atomic E-state index is -0.512. The number of aryl methyl sites for hydroxylation is 1. The monoisotopic (exact) mass is 362 g/mol. The van der Waals surface area contributed by atoms with Crippen LogP contribution >= 0.6 is 11.8 Å². The maximum Gasteiger partial charge on any atom is 0.339 e. The second kappa shape index (κ2) is 9.88. The van der Waals surface area contributed by atoms with Crippen LogP contribution in [0.4, 0.5) is 0 Å². The Balaban J connectivity index is 1.89. The van der Waals surface area contributed by atoms with Gasteiger partial charge in [0, 0.05) is 17.5 Å². The summed E-state index contributed by atoms with van der Waals surface area (Å²) in [6, 6.07) is 8.99. The fraction of sp³-hybridized carbons (Fsp3) is 0.389. The number of nitrogens with zero attached hydrogens (tertiary/aromatic N) is 1. The molecule has 1 heterocycles. The van der Waals surface area contributed by atoms with Crippen LogP contribution in [0.3, 0.4) is 0 Å². The summed E-state index contributed by atoms with van der Waals surface area (Å²) in [6.07, 6.45) is 1.90. The number of rotatable bonds is 9. The molecule has 6 nitrogen and oxygen atoms in total. The highest BCUT2D eigenvalue weighted by atomic mass is 32.2. The highest BCUT2D eigenvalue weighted by Crippen LogP contribution is 2.27. The lowest BCUT2D eigenvalue weighted by molar-refractivity contribution is -0.124. The Kier molecular flexibility index (Phi) is 7.53. The number of carbonyl (C=O) groups excluding carboxylic acids is 2. The van der Waals surface area contributed by atoms with Crippen molar-refractivity contribution in [3.05, 3.63) is 47.3 Å². The van der Waals surface area contributed by atoms with E-state index in [0.717, 1.165) is 29.2 Å². The third-order valence-corrected chi connectivity index (χ3v) is 4.44. The molecule has 1 aromatic heterocycles. The van der Waals surface area contributed by atoms with Crippen molar-refractivity contribution in [2.24, 2.45) is 0 Å². The van der Waals surface area contributed by atoms with E-state index in [4.69, 9.17) is 9.26 Å². The molecule has 0 aliphatic carbocycles. The van der Waals surface area contributed by atoms with Gasteiger partial charge in [0.05, 0.1) is 17.0 Å². The molecule has 2 rings (SSSR count). The molecule has 7 heteroatoms. The van der Waals surface area contributed by atoms with Crippen molar-refractivity contribution in [2.45, 2.75) is 37.3 Å². The molecule has 25 heavy (non-hydrogen) atoms. The second-order valence-corrected chi connectivity index (χ2v) is 6.52. The zero-order valence-corrected chi connectivity index (χ0v) is 15.2. The minimum Gasteiger partial charge on any atom is -0.452 e. The topological polar surface area (TPSA) is 81.4 Å². The van der Waals surface area contributed by atoms with E-state index in [1.807, 2.05) is 32.0 Å². The van der Waals surface area contributed by atoms with Gasteiger partial charge in [-0.15, -0.1) is 11.8 Å². The summed E-state index contributed by atoms with van der Waals surface area (Å²) < 4.78 is 10.3. The summed E-state index contributed by atoms with van der Waals surface area (Å²) in [5.41, 5.74) is 1.25. The van der Waals surface area contributed by atoms with E-state index in [1.165, 1.54) is 11.8 Å². The number of amides is 1. The molecule has 0 bridgehead atoms. The SMILES string of the molecule is CCCCNC(=O)COC(=O)c1ccccc1SCc1cc(C)no1. The van der Waals surface area contributed by atoms with E-state index in [2.05, 4.69) is 10.5 Å². The Bertz CT molecular complexity index is 715. The van der Waals surface area contributed by atoms with E-state index in [-0.39, 0.29) is 12.5 Å². The molecule has 0 spiro atoms. The van der Waals surface area contributed by atoms with E-state index in [1.54, 1.807) is 12.1 Å². The van der Waals surface area contributed by atoms with Gasteiger partial charge in [0.25, 0.3) is 5.91 Å². The molecular weight excluding hydrogens is 340 g/mol. The molecule has 134 valence electrons. The fourth-order valence-electron chi connectivity index (χ4n) is 2.06. The van der Waals surface area contributed by atoms with Crippen LogP contribution in [0.5, 0.6) is 0 Å². The largest absolute Gasteiger partial charge is 0.452 e. The van der Waals surface area contributed by atoms with Crippen molar-refractivity contribution < 1.29 is 18.8 Å². The molecule has 0 radical (unpaired) electrons. The number of nitrogens with one attached hydrogen (secondary N) is 1. The summed E-state index contributed by atoms with van der Waals surface area (Å²) in [4.78, 5) is 24.7. The van der Waals surface area contributed by atoms with Crippen molar-refractivity contribution in [3.63, 3.8) is 0 Å². The van der Waals surface area contributed by atoms with Crippen LogP contribution in [0.25, 0.3) is 0 Å². The molecule has 0 saturated heterocycles. The smallest absolute Gasteiger partial charge is 0.339 e. The Morgan fingerprint density at radius 2 is 2.12 bits per heavy atom. The number of unbranched alkanes of at least 4 members (excludes halogenated alkanes) is 1. The van der Waals surface area contributed by atoms with Gasteiger partial charge in [-0.25, -0.2) is 4.79 Å². The van der Waals surface area contributed by atoms with Crippen LogP contribution in [-0.4, -0.2) is 30.2 Å². The van der Waals surface area contributed by atoms with Crippen molar-refractivity contribution in [1.29, 1.82) is 0 Å². The van der Waals surface area contributed by atoms with Crippen LogP contribution in [0.15, 0.2) is 39.8 Å². The molecule has 0 aliphatic rings. The van der Waals surface area contributed by atoms with Crippen LogP contribution < -0.4 is 5.32 Å². The number of esters is 1. The van der Waals surface area contributed by atoms with Gasteiger partial charge in [-0.05, 0) is 25.5 Å². The average molecular weight is 362 g/mol. The number of thioether (sulfide) groups is 1. The summed E-state index contributed by atoms with van der Waals surface area (Å²) in [5.74, 6) is 0.496. The minimum absolute atomic E-state index is 0.275. The van der Waals surface area contributed by atoms with Gasteiger partial charge in [0.15, 0.2) is 6.61 Å². The standard InChI is InChI=1S/C18H22N2O4S/c1-3-4-9-19-17(21)11-23-18(22)15-7-5-6-8-16(15)25-12-14-10-13(2)20-24-14/h5-8,10H,3-4,9,11-12H2,1-2H3,(H,19,21). The molecule has 2 aromatic rings. The van der Waals surface area contributed by atoms with Gasteiger partial charge < -0.3 is 14.6 Å². The molecular formula is C18H22N2O4S. The first-order valence-electron chi connectivity index (χ1n) is 8.18. The van der Waals surface area contributed by atoms with Gasteiger partial charge in [0.2, 0.25) is 0 Å². The average Bonchev–Trinajstić information content (AvgIpc) is 3.04. The molecule has 1 aromatic carbocycles. The second-order valence-electron chi connectivity index (χ2n) is 5.50. The Labute approximate surface area is 151 Å². The normalized spacial score (nSPS) is 10.5. The fourth-order valence-corrected chi connectivity index (χ4v) is 2.97. The van der Waals surface area contributed by atoms with E-state index in [9.17, 15) is 9.59 Å². The molecule has 0 saturated carbocycles. The van der Waals surface area contributed by atoms with Crippen LogP contribution in [0, 0.1) is 6.92 Å². The third kappa shape index (κ3) is 6.26. The number of ether oxygens (including phenoxy) is 1. The van der Waals surface area contributed by atoms with E-state index >= 15 is 0 Å². The van der Waals surface area contributed by atoms with Crippen LogP contribution in [0.1, 0.15) is 41.6 Å². The Hall–Kier alpha value is -2.28. The molecule has 0 unspecified atom stereocenters. The zero-order valence-electron chi connectivity index (χ0n) is 14.4. The van der Waals surface area contributed by atoms with Gasteiger partial charge in [-0.1, -0.05) is 30.6 Å². The molecule has 1 amide bonds.